The summed E-state index contributed by atoms with van der Waals surface area (Å²) in [6, 6.07) is 0.00903. The monoisotopic (exact) mass is 236 g/mol. The lowest BCUT2D eigenvalue weighted by Crippen LogP contribution is -2.48. The summed E-state index contributed by atoms with van der Waals surface area (Å²) in [5.41, 5.74) is 0. The normalized spacial score (nSPS) is 24.5. The van der Waals surface area contributed by atoms with E-state index in [-0.39, 0.29) is 11.9 Å². The van der Waals surface area contributed by atoms with E-state index in [0.29, 0.717) is 6.54 Å². The van der Waals surface area contributed by atoms with Gasteiger partial charge < -0.3 is 14.6 Å². The van der Waals surface area contributed by atoms with Crippen LogP contribution in [0.5, 0.6) is 0 Å². The van der Waals surface area contributed by atoms with E-state index in [1.54, 1.807) is 0 Å². The van der Waals surface area contributed by atoms with Crippen molar-refractivity contribution in [1.29, 1.82) is 0 Å². The van der Waals surface area contributed by atoms with Gasteiger partial charge in [0.15, 0.2) is 11.1 Å². The van der Waals surface area contributed by atoms with Crippen LogP contribution in [0, 0.1) is 0 Å². The van der Waals surface area contributed by atoms with Crippen LogP contribution in [-0.2, 0) is 15.8 Å². The second-order valence-corrected chi connectivity index (χ2v) is 4.40. The average molecular weight is 236 g/mol. The smallest absolute Gasteiger partial charge is 0.407 e. The minimum Gasteiger partial charge on any atom is -0.453 e. The number of nitrogens with one attached hydrogen (secondary N) is 1. The van der Waals surface area contributed by atoms with Gasteiger partial charge in [-0.3, -0.25) is 4.90 Å². The number of carbonyl (C=O) groups is 1. The Morgan fingerprint density at radius 2 is 2.47 bits per heavy atom. The highest BCUT2D eigenvalue weighted by Gasteiger charge is 2.22. The van der Waals surface area contributed by atoms with Crippen molar-refractivity contribution in [1.82, 2.24) is 10.2 Å². The van der Waals surface area contributed by atoms with Gasteiger partial charge in [0.25, 0.3) is 0 Å². The first-order valence-electron chi connectivity index (χ1n) is 4.76. The molecule has 0 spiro atoms. The molecule has 0 aromatic carbocycles. The number of carbonyl (C=O) groups excluding carboxylic acids is 1. The molecule has 2 atom stereocenters. The minimum atomic E-state index is -1.81. The van der Waals surface area contributed by atoms with Crippen LogP contribution < -0.4 is 5.32 Å². The number of hydrogen-bond donors (Lipinski definition) is 2. The van der Waals surface area contributed by atoms with Crippen LogP contribution in [0.25, 0.3) is 0 Å². The molecule has 2 N–H and O–H groups in total. The Balaban J connectivity index is 2.35. The van der Waals surface area contributed by atoms with Crippen molar-refractivity contribution in [3.8, 4) is 0 Å². The van der Waals surface area contributed by atoms with Gasteiger partial charge in [-0.1, -0.05) is 0 Å². The van der Waals surface area contributed by atoms with Crippen molar-refractivity contribution < 1.29 is 18.3 Å². The molecule has 0 radical (unpaired) electrons. The third kappa shape index (κ3) is 4.59. The van der Waals surface area contributed by atoms with Gasteiger partial charge in [-0.2, -0.15) is 0 Å². The molecular weight excluding hydrogens is 220 g/mol. The number of ether oxygens (including phenoxy) is 1. The van der Waals surface area contributed by atoms with E-state index in [4.69, 9.17) is 4.55 Å². The summed E-state index contributed by atoms with van der Waals surface area (Å²) in [4.78, 5) is 12.8. The quantitative estimate of drug-likeness (QED) is 0.674. The zero-order valence-electron chi connectivity index (χ0n) is 8.64. The number of alkyl carbamates (subject to hydrolysis) is 1. The van der Waals surface area contributed by atoms with Crippen LogP contribution in [0.1, 0.15) is 12.8 Å². The van der Waals surface area contributed by atoms with Gasteiger partial charge in [0.1, 0.15) is 5.88 Å². The highest BCUT2D eigenvalue weighted by Crippen LogP contribution is 2.10. The third-order valence-electron chi connectivity index (χ3n) is 2.31. The lowest BCUT2D eigenvalue weighted by atomic mass is 10.1. The van der Waals surface area contributed by atoms with Gasteiger partial charge >= 0.3 is 6.09 Å². The topological polar surface area (TPSA) is 78.9 Å². The molecule has 0 aliphatic carbocycles. The maximum Gasteiger partial charge on any atom is 0.407 e. The lowest BCUT2D eigenvalue weighted by molar-refractivity contribution is 0.153. The van der Waals surface area contributed by atoms with Gasteiger partial charge in [0, 0.05) is 12.6 Å². The number of amides is 1. The van der Waals surface area contributed by atoms with Gasteiger partial charge in [0.05, 0.1) is 7.11 Å². The fraction of sp³-hybridized carbons (Fsp3) is 0.875. The maximum atomic E-state index is 10.9. The van der Waals surface area contributed by atoms with E-state index in [2.05, 4.69) is 10.1 Å². The molecule has 1 amide bonds. The van der Waals surface area contributed by atoms with Gasteiger partial charge in [-0.25, -0.2) is 9.00 Å². The largest absolute Gasteiger partial charge is 0.453 e. The standard InChI is InChI=1S/C8H16N2O4S/c1-14-8(11)9-7-3-2-4-10(5-7)6-15(12)13/h7H,2-6H2,1H3,(H,9,11)(H,12,13). The fourth-order valence-corrected chi connectivity index (χ4v) is 2.22. The average Bonchev–Trinajstić information content (AvgIpc) is 2.17. The molecule has 0 aromatic heterocycles. The highest BCUT2D eigenvalue weighted by molar-refractivity contribution is 7.79. The first-order chi connectivity index (χ1) is 7.11. The van der Waals surface area contributed by atoms with Crippen LogP contribution >= 0.6 is 0 Å². The first-order valence-corrected chi connectivity index (χ1v) is 6.03. The summed E-state index contributed by atoms with van der Waals surface area (Å²) in [6.07, 6.45) is 1.34. The summed E-state index contributed by atoms with van der Waals surface area (Å²) in [6.45, 7) is 1.40. The Labute approximate surface area is 91.3 Å². The molecule has 0 saturated carbocycles. The summed E-state index contributed by atoms with van der Waals surface area (Å²) < 4.78 is 23.8. The summed E-state index contributed by atoms with van der Waals surface area (Å²) in [7, 11) is 1.32. The molecular formula is C8H16N2O4S. The van der Waals surface area contributed by atoms with Gasteiger partial charge in [-0.15, -0.1) is 0 Å². The summed E-state index contributed by atoms with van der Waals surface area (Å²) in [5, 5.41) is 2.69. The van der Waals surface area contributed by atoms with Crippen molar-refractivity contribution in [2.24, 2.45) is 0 Å². The molecule has 1 rings (SSSR count). The molecule has 1 aliphatic heterocycles. The number of hydrogen-bond acceptors (Lipinski definition) is 4. The zero-order chi connectivity index (χ0) is 11.3. The van der Waals surface area contributed by atoms with Crippen molar-refractivity contribution in [2.75, 3.05) is 26.1 Å². The number of methoxy groups -OCH3 is 1. The van der Waals surface area contributed by atoms with Gasteiger partial charge in [0.2, 0.25) is 0 Å². The van der Waals surface area contributed by atoms with E-state index in [9.17, 15) is 9.00 Å². The number of likely N-dealkylation sites (tertiary alicyclic amines) is 1. The molecule has 6 nitrogen and oxygen atoms in total. The van der Waals surface area contributed by atoms with Crippen molar-refractivity contribution >= 4 is 17.2 Å². The molecule has 88 valence electrons. The Morgan fingerprint density at radius 1 is 1.73 bits per heavy atom. The van der Waals surface area contributed by atoms with E-state index in [1.165, 1.54) is 7.11 Å². The number of piperidine rings is 1. The van der Waals surface area contributed by atoms with E-state index in [0.717, 1.165) is 19.4 Å². The second-order valence-electron chi connectivity index (χ2n) is 3.50. The molecule has 2 unspecified atom stereocenters. The Kier molecular flexibility index (Phi) is 5.00. The zero-order valence-corrected chi connectivity index (χ0v) is 9.46. The molecule has 1 aliphatic rings. The van der Waals surface area contributed by atoms with Crippen molar-refractivity contribution in [3.63, 3.8) is 0 Å². The lowest BCUT2D eigenvalue weighted by Gasteiger charge is -2.31. The number of nitrogens with zero attached hydrogens (tertiary/aromatic N) is 1. The summed E-state index contributed by atoms with van der Waals surface area (Å²) in [5.74, 6) is 0.138. The minimum absolute atomic E-state index is 0.00903. The second kappa shape index (κ2) is 6.04. The predicted molar refractivity (Wildman–Crippen MR) is 55.8 cm³/mol. The fourth-order valence-electron chi connectivity index (χ4n) is 1.67. The molecule has 1 fully saturated rings. The molecule has 0 bridgehead atoms. The molecule has 15 heavy (non-hydrogen) atoms. The van der Waals surface area contributed by atoms with Crippen LogP contribution in [0.4, 0.5) is 4.79 Å². The maximum absolute atomic E-state index is 10.9. The molecule has 1 saturated heterocycles. The van der Waals surface area contributed by atoms with Crippen LogP contribution in [0.2, 0.25) is 0 Å². The predicted octanol–water partition coefficient (Wildman–Crippen LogP) is -0.0140. The molecule has 0 aromatic rings. The van der Waals surface area contributed by atoms with E-state index in [1.807, 2.05) is 4.90 Å². The SMILES string of the molecule is COC(=O)NC1CCCN(CS(=O)O)C1. The van der Waals surface area contributed by atoms with Gasteiger partial charge in [-0.05, 0) is 19.4 Å². The van der Waals surface area contributed by atoms with Crippen LogP contribution in [-0.4, -0.2) is 51.9 Å². The third-order valence-corrected chi connectivity index (χ3v) is 2.89. The van der Waals surface area contributed by atoms with Crippen molar-refractivity contribution in [3.05, 3.63) is 0 Å². The molecule has 1 heterocycles. The number of rotatable bonds is 3. The van der Waals surface area contributed by atoms with Crippen molar-refractivity contribution in [2.45, 2.75) is 18.9 Å². The van der Waals surface area contributed by atoms with Crippen LogP contribution in [0.3, 0.4) is 0 Å². The van der Waals surface area contributed by atoms with E-state index >= 15 is 0 Å². The Morgan fingerprint density at radius 3 is 3.07 bits per heavy atom. The molecule has 7 heteroatoms. The highest BCUT2D eigenvalue weighted by atomic mass is 32.2. The van der Waals surface area contributed by atoms with Crippen LogP contribution in [0.15, 0.2) is 0 Å². The summed E-state index contributed by atoms with van der Waals surface area (Å²) >= 11 is -1.81. The first kappa shape index (κ1) is 12.4. The Bertz CT molecular complexity index is 249. The van der Waals surface area contributed by atoms with E-state index < -0.39 is 17.2 Å². The Hall–Kier alpha value is -0.660.